The molecule has 0 spiro atoms. The molecule has 0 aromatic rings. The summed E-state index contributed by atoms with van der Waals surface area (Å²) in [5, 5.41) is 23.6. The first kappa shape index (κ1) is 51.6. The number of hydrogen-bond acceptors (Lipinski definition) is 5. The van der Waals surface area contributed by atoms with Gasteiger partial charge in [-0.1, -0.05) is 191 Å². The van der Waals surface area contributed by atoms with Gasteiger partial charge in [-0.2, -0.15) is 0 Å². The minimum absolute atomic E-state index is 0.0390. The minimum Gasteiger partial charge on any atom is -0.462 e. The maximum Gasteiger partial charge on any atom is 0.306 e. The summed E-state index contributed by atoms with van der Waals surface area (Å²) in [7, 11) is 0. The third kappa shape index (κ3) is 36.5. The number of carbonyl (C=O) groups is 2. The van der Waals surface area contributed by atoms with Crippen LogP contribution in [0.1, 0.15) is 207 Å². The van der Waals surface area contributed by atoms with Crippen LogP contribution in [0, 0.1) is 0 Å². The van der Waals surface area contributed by atoms with E-state index >= 15 is 0 Å². The van der Waals surface area contributed by atoms with Crippen LogP contribution < -0.4 is 5.32 Å². The average Bonchev–Trinajstić information content (AvgIpc) is 3.16. The SMILES string of the molecule is CC/C=C/C=C/C=C\C=C/CCCCCC(=O)OC(CCC/C=C\CCCCCCCC)CC(=O)NC(CO)C(O)CCCCCCCCCCCCC. The number of amides is 1. The first-order chi connectivity index (χ1) is 26.5. The lowest BCUT2D eigenvalue weighted by Gasteiger charge is -2.24. The highest BCUT2D eigenvalue weighted by molar-refractivity contribution is 5.77. The molecule has 0 aliphatic rings. The van der Waals surface area contributed by atoms with Gasteiger partial charge in [0.2, 0.25) is 5.91 Å². The number of aliphatic hydroxyl groups excluding tert-OH is 2. The number of esters is 1. The summed E-state index contributed by atoms with van der Waals surface area (Å²) < 4.78 is 5.86. The predicted octanol–water partition coefficient (Wildman–Crippen LogP) is 12.9. The Labute approximate surface area is 333 Å². The van der Waals surface area contributed by atoms with E-state index in [1.54, 1.807) is 0 Å². The molecule has 6 nitrogen and oxygen atoms in total. The molecular formula is C48H85NO5. The molecule has 312 valence electrons. The molecule has 3 unspecified atom stereocenters. The Bertz CT molecular complexity index is 984. The summed E-state index contributed by atoms with van der Waals surface area (Å²) in [5.74, 6) is -0.554. The van der Waals surface area contributed by atoms with Crippen LogP contribution in [0.25, 0.3) is 0 Å². The number of aliphatic hydroxyl groups is 2. The summed E-state index contributed by atoms with van der Waals surface area (Å²) in [5.41, 5.74) is 0. The number of unbranched alkanes of at least 4 members (excludes halogenated alkanes) is 20. The van der Waals surface area contributed by atoms with Gasteiger partial charge in [0.15, 0.2) is 0 Å². The molecule has 3 atom stereocenters. The van der Waals surface area contributed by atoms with E-state index in [9.17, 15) is 19.8 Å². The standard InChI is InChI=1S/C48H85NO5/c1-4-7-10-13-16-19-22-23-26-29-32-35-38-41-48(53)54-44(39-36-33-30-27-24-20-17-14-11-8-5-2)42-47(52)49-45(43-50)46(51)40-37-34-31-28-25-21-18-15-12-9-6-3/h7,10,13,16,19,22-23,26-27,30,44-46,50-51H,4-6,8-9,11-12,14-15,17-18,20-21,24-25,28-29,31-43H2,1-3H3,(H,49,52)/b10-7+,16-13+,22-19-,26-23-,30-27-. The molecule has 0 saturated carbocycles. The van der Waals surface area contributed by atoms with E-state index in [0.29, 0.717) is 19.3 Å². The minimum atomic E-state index is -0.800. The smallest absolute Gasteiger partial charge is 0.306 e. The number of hydrogen-bond donors (Lipinski definition) is 3. The van der Waals surface area contributed by atoms with Crippen molar-refractivity contribution in [3.63, 3.8) is 0 Å². The molecule has 0 bridgehead atoms. The van der Waals surface area contributed by atoms with E-state index in [1.807, 2.05) is 30.4 Å². The van der Waals surface area contributed by atoms with E-state index in [-0.39, 0.29) is 24.9 Å². The second kappa shape index (κ2) is 41.7. The van der Waals surface area contributed by atoms with Crippen molar-refractivity contribution >= 4 is 11.9 Å². The number of nitrogens with one attached hydrogen (secondary N) is 1. The number of allylic oxidation sites excluding steroid dienone is 10. The zero-order chi connectivity index (χ0) is 39.6. The van der Waals surface area contributed by atoms with E-state index < -0.39 is 18.2 Å². The number of carbonyl (C=O) groups excluding carboxylic acids is 2. The Hall–Kier alpha value is -2.44. The Morgan fingerprint density at radius 3 is 1.61 bits per heavy atom. The Balaban J connectivity index is 4.70. The number of ether oxygens (including phenoxy) is 1. The van der Waals surface area contributed by atoms with Crippen molar-refractivity contribution in [2.75, 3.05) is 6.61 Å². The fourth-order valence-electron chi connectivity index (χ4n) is 6.50. The topological polar surface area (TPSA) is 95.9 Å². The zero-order valence-corrected chi connectivity index (χ0v) is 35.3. The van der Waals surface area contributed by atoms with Gasteiger partial charge in [0, 0.05) is 6.42 Å². The molecule has 3 N–H and O–H groups in total. The van der Waals surface area contributed by atoms with Crippen LogP contribution in [0.4, 0.5) is 0 Å². The third-order valence-corrected chi connectivity index (χ3v) is 9.93. The lowest BCUT2D eigenvalue weighted by molar-refractivity contribution is -0.151. The van der Waals surface area contributed by atoms with Gasteiger partial charge in [-0.05, 0) is 64.2 Å². The van der Waals surface area contributed by atoms with Gasteiger partial charge < -0.3 is 20.3 Å². The van der Waals surface area contributed by atoms with E-state index in [0.717, 1.165) is 70.6 Å². The monoisotopic (exact) mass is 756 g/mol. The van der Waals surface area contributed by atoms with Crippen molar-refractivity contribution in [3.05, 3.63) is 60.8 Å². The highest BCUT2D eigenvalue weighted by Crippen LogP contribution is 2.16. The van der Waals surface area contributed by atoms with Crippen LogP contribution in [-0.4, -0.2) is 46.9 Å². The maximum absolute atomic E-state index is 13.1. The lowest BCUT2D eigenvalue weighted by atomic mass is 10.0. The van der Waals surface area contributed by atoms with Crippen LogP contribution in [0.3, 0.4) is 0 Å². The van der Waals surface area contributed by atoms with E-state index in [2.05, 4.69) is 56.5 Å². The molecule has 6 heteroatoms. The lowest BCUT2D eigenvalue weighted by Crippen LogP contribution is -2.46. The van der Waals surface area contributed by atoms with Crippen LogP contribution in [0.15, 0.2) is 60.8 Å². The molecule has 0 aromatic heterocycles. The largest absolute Gasteiger partial charge is 0.462 e. The van der Waals surface area contributed by atoms with E-state index in [4.69, 9.17) is 4.74 Å². The highest BCUT2D eigenvalue weighted by Gasteiger charge is 2.24. The van der Waals surface area contributed by atoms with Crippen LogP contribution >= 0.6 is 0 Å². The Kier molecular flexibility index (Phi) is 39.8. The van der Waals surface area contributed by atoms with Gasteiger partial charge >= 0.3 is 5.97 Å². The van der Waals surface area contributed by atoms with Crippen molar-refractivity contribution in [2.45, 2.75) is 225 Å². The highest BCUT2D eigenvalue weighted by atomic mass is 16.5. The van der Waals surface area contributed by atoms with Gasteiger partial charge in [0.25, 0.3) is 0 Å². The molecule has 54 heavy (non-hydrogen) atoms. The van der Waals surface area contributed by atoms with Crippen LogP contribution in [-0.2, 0) is 14.3 Å². The zero-order valence-electron chi connectivity index (χ0n) is 35.3. The summed E-state index contributed by atoms with van der Waals surface area (Å²) in [6, 6.07) is -0.717. The fraction of sp³-hybridized carbons (Fsp3) is 0.750. The number of rotatable bonds is 39. The van der Waals surface area contributed by atoms with Crippen LogP contribution in [0.5, 0.6) is 0 Å². The van der Waals surface area contributed by atoms with Gasteiger partial charge in [-0.15, -0.1) is 0 Å². The van der Waals surface area contributed by atoms with Crippen molar-refractivity contribution < 1.29 is 24.5 Å². The predicted molar refractivity (Wildman–Crippen MR) is 232 cm³/mol. The van der Waals surface area contributed by atoms with Gasteiger partial charge in [-0.25, -0.2) is 0 Å². The Morgan fingerprint density at radius 2 is 1.04 bits per heavy atom. The fourth-order valence-corrected chi connectivity index (χ4v) is 6.50. The normalized spacial score (nSPS) is 13.9. The quantitative estimate of drug-likeness (QED) is 0.0251. The molecular weight excluding hydrogens is 671 g/mol. The van der Waals surface area contributed by atoms with Crippen molar-refractivity contribution in [1.29, 1.82) is 0 Å². The van der Waals surface area contributed by atoms with Gasteiger partial charge in [0.1, 0.15) is 6.10 Å². The summed E-state index contributed by atoms with van der Waals surface area (Å²) in [6.45, 7) is 6.29. The molecule has 0 heterocycles. The van der Waals surface area contributed by atoms with E-state index in [1.165, 1.54) is 89.9 Å². The molecule has 0 radical (unpaired) electrons. The maximum atomic E-state index is 13.1. The molecule has 0 fully saturated rings. The molecule has 0 aliphatic heterocycles. The molecule has 0 aromatic carbocycles. The first-order valence-corrected chi connectivity index (χ1v) is 22.6. The Morgan fingerprint density at radius 1 is 0.556 bits per heavy atom. The molecule has 0 rings (SSSR count). The second-order valence-corrected chi connectivity index (χ2v) is 15.2. The summed E-state index contributed by atoms with van der Waals surface area (Å²) >= 11 is 0. The third-order valence-electron chi connectivity index (χ3n) is 9.93. The second-order valence-electron chi connectivity index (χ2n) is 15.2. The van der Waals surface area contributed by atoms with Crippen molar-refractivity contribution in [1.82, 2.24) is 5.32 Å². The van der Waals surface area contributed by atoms with Gasteiger partial charge in [-0.3, -0.25) is 9.59 Å². The molecule has 1 amide bonds. The van der Waals surface area contributed by atoms with Crippen molar-refractivity contribution in [2.24, 2.45) is 0 Å². The first-order valence-electron chi connectivity index (χ1n) is 22.6. The van der Waals surface area contributed by atoms with Crippen LogP contribution in [0.2, 0.25) is 0 Å². The summed E-state index contributed by atoms with van der Waals surface area (Å²) in [4.78, 5) is 25.9. The molecule has 0 saturated heterocycles. The van der Waals surface area contributed by atoms with Crippen molar-refractivity contribution in [3.8, 4) is 0 Å². The van der Waals surface area contributed by atoms with Gasteiger partial charge in [0.05, 0.1) is 25.2 Å². The molecule has 0 aliphatic carbocycles. The summed E-state index contributed by atoms with van der Waals surface area (Å²) in [6.07, 6.45) is 49.9. The average molecular weight is 756 g/mol.